The van der Waals surface area contributed by atoms with Gasteiger partial charge in [0.05, 0.1) is 0 Å². The molecule has 0 aromatic carbocycles. The lowest BCUT2D eigenvalue weighted by atomic mass is 10.1. The Bertz CT molecular complexity index is 130. The maximum Gasteiger partial charge on any atom is 0.00951 e. The first-order chi connectivity index (χ1) is 6.88. The molecule has 84 valence electrons. The maximum absolute atomic E-state index is 5.49. The van der Waals surface area contributed by atoms with Gasteiger partial charge in [-0.15, -0.1) is 0 Å². The highest BCUT2D eigenvalue weighted by molar-refractivity contribution is 4.76. The van der Waals surface area contributed by atoms with Crippen LogP contribution in [0.4, 0.5) is 0 Å². The van der Waals surface area contributed by atoms with Gasteiger partial charge in [-0.3, -0.25) is 0 Å². The van der Waals surface area contributed by atoms with Crippen molar-refractivity contribution in [3.8, 4) is 0 Å². The zero-order valence-electron chi connectivity index (χ0n) is 9.67. The van der Waals surface area contributed by atoms with Crippen LogP contribution in [0.3, 0.4) is 0 Å². The van der Waals surface area contributed by atoms with Crippen molar-refractivity contribution in [3.63, 3.8) is 0 Å². The van der Waals surface area contributed by atoms with E-state index in [4.69, 9.17) is 5.73 Å². The lowest BCUT2D eigenvalue weighted by molar-refractivity contribution is 0.205. The lowest BCUT2D eigenvalue weighted by Gasteiger charge is -2.27. The molecule has 0 heterocycles. The van der Waals surface area contributed by atoms with E-state index in [2.05, 4.69) is 11.8 Å². The van der Waals surface area contributed by atoms with Crippen LogP contribution in [0.15, 0.2) is 0 Å². The molecule has 1 rings (SSSR count). The average Bonchev–Trinajstić information content (AvgIpc) is 2.71. The third-order valence-corrected chi connectivity index (χ3v) is 3.40. The molecule has 2 heteroatoms. The Labute approximate surface area is 88.8 Å². The standard InChI is InChI=1S/C12H26N2/c1-2-14(11-7-3-6-10-13)12-8-4-5-9-12/h12H,2-11,13H2,1H3. The molecular formula is C12H26N2. The van der Waals surface area contributed by atoms with Crippen LogP contribution in [0.1, 0.15) is 51.9 Å². The van der Waals surface area contributed by atoms with Gasteiger partial charge >= 0.3 is 0 Å². The quantitative estimate of drug-likeness (QED) is 0.636. The molecule has 14 heavy (non-hydrogen) atoms. The predicted octanol–water partition coefficient (Wildman–Crippen LogP) is 2.38. The number of rotatable bonds is 7. The smallest absolute Gasteiger partial charge is 0.00951 e. The number of nitrogens with zero attached hydrogens (tertiary/aromatic N) is 1. The van der Waals surface area contributed by atoms with Gasteiger partial charge in [0.2, 0.25) is 0 Å². The Morgan fingerprint density at radius 2 is 1.86 bits per heavy atom. The van der Waals surface area contributed by atoms with Crippen LogP contribution in [0.2, 0.25) is 0 Å². The third-order valence-electron chi connectivity index (χ3n) is 3.40. The van der Waals surface area contributed by atoms with Gasteiger partial charge in [-0.25, -0.2) is 0 Å². The summed E-state index contributed by atoms with van der Waals surface area (Å²) in [6.07, 6.45) is 9.60. The zero-order valence-corrected chi connectivity index (χ0v) is 9.67. The Kier molecular flexibility index (Phi) is 6.20. The number of nitrogens with two attached hydrogens (primary N) is 1. The molecule has 0 aliphatic heterocycles. The van der Waals surface area contributed by atoms with Gasteiger partial charge in [0.15, 0.2) is 0 Å². The predicted molar refractivity (Wildman–Crippen MR) is 62.4 cm³/mol. The van der Waals surface area contributed by atoms with E-state index in [1.165, 1.54) is 58.0 Å². The van der Waals surface area contributed by atoms with Gasteiger partial charge in [0.1, 0.15) is 0 Å². The maximum atomic E-state index is 5.49. The molecule has 0 spiro atoms. The van der Waals surface area contributed by atoms with Crippen molar-refractivity contribution in [3.05, 3.63) is 0 Å². The third kappa shape index (κ3) is 3.97. The average molecular weight is 198 g/mol. The number of unbranched alkanes of at least 4 members (excludes halogenated alkanes) is 2. The fourth-order valence-corrected chi connectivity index (χ4v) is 2.50. The van der Waals surface area contributed by atoms with E-state index in [1.807, 2.05) is 0 Å². The molecular weight excluding hydrogens is 172 g/mol. The van der Waals surface area contributed by atoms with E-state index in [-0.39, 0.29) is 0 Å². The van der Waals surface area contributed by atoms with E-state index in [9.17, 15) is 0 Å². The first-order valence-electron chi connectivity index (χ1n) is 6.32. The molecule has 0 aromatic rings. The summed E-state index contributed by atoms with van der Waals surface area (Å²) in [6, 6.07) is 0.901. The molecule has 0 aromatic heterocycles. The lowest BCUT2D eigenvalue weighted by Crippen LogP contribution is -2.33. The monoisotopic (exact) mass is 198 g/mol. The van der Waals surface area contributed by atoms with Crippen molar-refractivity contribution >= 4 is 0 Å². The summed E-state index contributed by atoms with van der Waals surface area (Å²) >= 11 is 0. The van der Waals surface area contributed by atoms with Gasteiger partial charge in [-0.1, -0.05) is 26.2 Å². The van der Waals surface area contributed by atoms with Crippen LogP contribution in [-0.4, -0.2) is 30.6 Å². The van der Waals surface area contributed by atoms with Crippen molar-refractivity contribution in [2.24, 2.45) is 5.73 Å². The van der Waals surface area contributed by atoms with Crippen molar-refractivity contribution in [2.75, 3.05) is 19.6 Å². The minimum absolute atomic E-state index is 0.857. The van der Waals surface area contributed by atoms with E-state index in [0.717, 1.165) is 12.6 Å². The van der Waals surface area contributed by atoms with Gasteiger partial charge in [-0.2, -0.15) is 0 Å². The molecule has 0 radical (unpaired) electrons. The van der Waals surface area contributed by atoms with Crippen LogP contribution in [0.5, 0.6) is 0 Å². The van der Waals surface area contributed by atoms with Gasteiger partial charge in [-0.05, 0) is 45.3 Å². The summed E-state index contributed by atoms with van der Waals surface area (Å²) < 4.78 is 0. The molecule has 1 fully saturated rings. The minimum Gasteiger partial charge on any atom is -0.330 e. The summed E-state index contributed by atoms with van der Waals surface area (Å²) in [4.78, 5) is 2.67. The van der Waals surface area contributed by atoms with Crippen LogP contribution in [-0.2, 0) is 0 Å². The van der Waals surface area contributed by atoms with Crippen LogP contribution >= 0.6 is 0 Å². The number of hydrogen-bond acceptors (Lipinski definition) is 2. The molecule has 1 aliphatic carbocycles. The van der Waals surface area contributed by atoms with Crippen LogP contribution in [0.25, 0.3) is 0 Å². The second kappa shape index (κ2) is 7.24. The Balaban J connectivity index is 2.11. The SMILES string of the molecule is CCN(CCCCCN)C1CCCC1. The highest BCUT2D eigenvalue weighted by Gasteiger charge is 2.20. The van der Waals surface area contributed by atoms with Crippen molar-refractivity contribution in [2.45, 2.75) is 57.9 Å². The number of hydrogen-bond donors (Lipinski definition) is 1. The van der Waals surface area contributed by atoms with E-state index in [1.54, 1.807) is 0 Å². The molecule has 1 aliphatic rings. The van der Waals surface area contributed by atoms with E-state index in [0.29, 0.717) is 0 Å². The minimum atomic E-state index is 0.857. The molecule has 2 N–H and O–H groups in total. The largest absolute Gasteiger partial charge is 0.330 e. The molecule has 0 atom stereocenters. The normalized spacial score (nSPS) is 18.2. The summed E-state index contributed by atoms with van der Waals surface area (Å²) in [5, 5.41) is 0. The zero-order chi connectivity index (χ0) is 10.2. The van der Waals surface area contributed by atoms with Crippen molar-refractivity contribution in [1.82, 2.24) is 4.90 Å². The van der Waals surface area contributed by atoms with Crippen molar-refractivity contribution in [1.29, 1.82) is 0 Å². The molecule has 0 saturated heterocycles. The Hall–Kier alpha value is -0.0800. The topological polar surface area (TPSA) is 29.3 Å². The van der Waals surface area contributed by atoms with E-state index >= 15 is 0 Å². The second-order valence-corrected chi connectivity index (χ2v) is 4.42. The van der Waals surface area contributed by atoms with Gasteiger partial charge in [0.25, 0.3) is 0 Å². The van der Waals surface area contributed by atoms with Crippen LogP contribution in [0, 0.1) is 0 Å². The molecule has 2 nitrogen and oxygen atoms in total. The summed E-state index contributed by atoms with van der Waals surface area (Å²) in [5.41, 5.74) is 5.49. The summed E-state index contributed by atoms with van der Waals surface area (Å²) in [7, 11) is 0. The van der Waals surface area contributed by atoms with Gasteiger partial charge < -0.3 is 10.6 Å². The highest BCUT2D eigenvalue weighted by Crippen LogP contribution is 2.23. The highest BCUT2D eigenvalue weighted by atomic mass is 15.1. The fraction of sp³-hybridized carbons (Fsp3) is 1.00. The Morgan fingerprint density at radius 3 is 2.43 bits per heavy atom. The molecule has 0 unspecified atom stereocenters. The van der Waals surface area contributed by atoms with Gasteiger partial charge in [0, 0.05) is 6.04 Å². The first kappa shape index (κ1) is 12.0. The Morgan fingerprint density at radius 1 is 1.14 bits per heavy atom. The second-order valence-electron chi connectivity index (χ2n) is 4.42. The summed E-state index contributed by atoms with van der Waals surface area (Å²) in [6.45, 7) is 5.67. The fourth-order valence-electron chi connectivity index (χ4n) is 2.50. The van der Waals surface area contributed by atoms with Crippen LogP contribution < -0.4 is 5.73 Å². The van der Waals surface area contributed by atoms with E-state index < -0.39 is 0 Å². The molecule has 0 amide bonds. The summed E-state index contributed by atoms with van der Waals surface area (Å²) in [5.74, 6) is 0. The first-order valence-corrected chi connectivity index (χ1v) is 6.32. The molecule has 1 saturated carbocycles. The van der Waals surface area contributed by atoms with Crippen molar-refractivity contribution < 1.29 is 0 Å². The molecule has 0 bridgehead atoms.